The van der Waals surface area contributed by atoms with Gasteiger partial charge in [-0.2, -0.15) is 0 Å². The van der Waals surface area contributed by atoms with Gasteiger partial charge in [0.2, 0.25) is 11.0 Å². The number of carbonyl (C=O) groups excluding carboxylic acids is 1. The van der Waals surface area contributed by atoms with Crippen LogP contribution in [0, 0.1) is 5.92 Å². The van der Waals surface area contributed by atoms with Crippen LogP contribution in [-0.2, 0) is 4.79 Å². The maximum Gasteiger partial charge on any atom is 0.247 e. The van der Waals surface area contributed by atoms with Crippen LogP contribution in [0.4, 0.5) is 22.5 Å². The summed E-state index contributed by atoms with van der Waals surface area (Å²) in [7, 11) is 0. The summed E-state index contributed by atoms with van der Waals surface area (Å²) in [4.78, 5) is 20.9. The van der Waals surface area contributed by atoms with Gasteiger partial charge in [-0.3, -0.25) is 4.79 Å². The van der Waals surface area contributed by atoms with Gasteiger partial charge < -0.3 is 16.0 Å². The molecule has 24 heavy (non-hydrogen) atoms. The summed E-state index contributed by atoms with van der Waals surface area (Å²) in [6.45, 7) is 4.11. The Morgan fingerprint density at radius 3 is 2.96 bits per heavy atom. The van der Waals surface area contributed by atoms with E-state index < -0.39 is 0 Å². The van der Waals surface area contributed by atoms with Gasteiger partial charge in [0.05, 0.1) is 0 Å². The molecule has 3 heterocycles. The van der Waals surface area contributed by atoms with E-state index in [-0.39, 0.29) is 17.9 Å². The maximum absolute atomic E-state index is 12.4. The Labute approximate surface area is 143 Å². The fourth-order valence-electron chi connectivity index (χ4n) is 2.64. The number of hydrogen-bond acceptors (Lipinski definition) is 8. The van der Waals surface area contributed by atoms with Crippen molar-refractivity contribution in [1.82, 2.24) is 20.2 Å². The van der Waals surface area contributed by atoms with Crippen LogP contribution in [0.3, 0.4) is 0 Å². The number of amides is 1. The second-order valence-corrected chi connectivity index (χ2v) is 7.30. The summed E-state index contributed by atoms with van der Waals surface area (Å²) in [5.74, 6) is 1.88. The first kappa shape index (κ1) is 15.3. The zero-order valence-corrected chi connectivity index (χ0v) is 14.4. The Bertz CT molecular complexity index is 773. The first-order valence-corrected chi connectivity index (χ1v) is 9.00. The average Bonchev–Trinajstić information content (AvgIpc) is 3.34. The Kier molecular flexibility index (Phi) is 3.79. The fraction of sp³-hybridized carbons (Fsp3) is 0.533. The molecule has 9 heteroatoms. The van der Waals surface area contributed by atoms with Crippen molar-refractivity contribution in [3.8, 4) is 0 Å². The highest BCUT2D eigenvalue weighted by Gasteiger charge is 2.32. The normalized spacial score (nSPS) is 20.8. The predicted octanol–water partition coefficient (Wildman–Crippen LogP) is 2.73. The summed E-state index contributed by atoms with van der Waals surface area (Å²) < 4.78 is 0. The largest absolute Gasteiger partial charge is 0.356 e. The molecule has 1 fully saturated rings. The Morgan fingerprint density at radius 2 is 2.21 bits per heavy atom. The van der Waals surface area contributed by atoms with E-state index in [1.165, 1.54) is 30.5 Å². The molecule has 3 N–H and O–H groups in total. The van der Waals surface area contributed by atoms with Crippen molar-refractivity contribution in [2.24, 2.45) is 5.92 Å². The van der Waals surface area contributed by atoms with Crippen molar-refractivity contribution in [3.05, 3.63) is 11.3 Å². The standard InChI is InChI=1S/C15H19N7OS/c1-3-7(2)9-13(23)19-10-11(18-9)16-6-17-12(10)20-15-22-21-14(24-15)8-4-5-8/h6-9H,3-5H2,1-2H3,(H,19,23)(H2,16,17,18,20,22). The van der Waals surface area contributed by atoms with Crippen LogP contribution in [-0.4, -0.2) is 32.1 Å². The fourth-order valence-corrected chi connectivity index (χ4v) is 3.55. The van der Waals surface area contributed by atoms with Crippen LogP contribution in [0.1, 0.15) is 44.0 Å². The van der Waals surface area contributed by atoms with E-state index in [1.807, 2.05) is 6.92 Å². The minimum Gasteiger partial charge on any atom is -0.356 e. The van der Waals surface area contributed by atoms with E-state index in [4.69, 9.17) is 0 Å². The zero-order valence-electron chi connectivity index (χ0n) is 13.5. The van der Waals surface area contributed by atoms with Gasteiger partial charge in [-0.05, 0) is 18.8 Å². The van der Waals surface area contributed by atoms with Crippen molar-refractivity contribution in [3.63, 3.8) is 0 Å². The highest BCUT2D eigenvalue weighted by atomic mass is 32.1. The maximum atomic E-state index is 12.4. The van der Waals surface area contributed by atoms with Crippen LogP contribution < -0.4 is 16.0 Å². The topological polar surface area (TPSA) is 105 Å². The van der Waals surface area contributed by atoms with E-state index in [2.05, 4.69) is 43.0 Å². The summed E-state index contributed by atoms with van der Waals surface area (Å²) in [5, 5.41) is 19.4. The minimum absolute atomic E-state index is 0.0642. The van der Waals surface area contributed by atoms with Gasteiger partial charge in [0.1, 0.15) is 23.1 Å². The van der Waals surface area contributed by atoms with Gasteiger partial charge in [0.15, 0.2) is 11.6 Å². The Morgan fingerprint density at radius 1 is 1.38 bits per heavy atom. The number of nitrogens with one attached hydrogen (secondary N) is 3. The molecular weight excluding hydrogens is 326 g/mol. The lowest BCUT2D eigenvalue weighted by molar-refractivity contribution is -0.118. The number of hydrogen-bond donors (Lipinski definition) is 3. The third kappa shape index (κ3) is 2.79. The predicted molar refractivity (Wildman–Crippen MR) is 92.7 cm³/mol. The first-order chi connectivity index (χ1) is 11.7. The quantitative estimate of drug-likeness (QED) is 0.765. The molecule has 2 aromatic heterocycles. The molecule has 0 radical (unpaired) electrons. The van der Waals surface area contributed by atoms with Gasteiger partial charge in [0, 0.05) is 5.92 Å². The summed E-state index contributed by atoms with van der Waals surface area (Å²) in [6, 6.07) is -0.284. The van der Waals surface area contributed by atoms with Crippen LogP contribution in [0.25, 0.3) is 0 Å². The molecular formula is C15H19N7OS. The minimum atomic E-state index is -0.284. The highest BCUT2D eigenvalue weighted by molar-refractivity contribution is 7.15. The van der Waals surface area contributed by atoms with E-state index >= 15 is 0 Å². The Balaban J connectivity index is 1.58. The van der Waals surface area contributed by atoms with Crippen molar-refractivity contribution in [2.75, 3.05) is 16.0 Å². The van der Waals surface area contributed by atoms with Gasteiger partial charge in [-0.15, -0.1) is 10.2 Å². The SMILES string of the molecule is CCC(C)C1Nc2ncnc(Nc3nnc(C4CC4)s3)c2NC1=O. The number of carbonyl (C=O) groups is 1. The molecule has 1 saturated carbocycles. The molecule has 2 aliphatic rings. The van der Waals surface area contributed by atoms with Gasteiger partial charge >= 0.3 is 0 Å². The van der Waals surface area contributed by atoms with Crippen LogP contribution in [0.5, 0.6) is 0 Å². The third-order valence-electron chi connectivity index (χ3n) is 4.48. The van der Waals surface area contributed by atoms with Crippen LogP contribution in [0.2, 0.25) is 0 Å². The summed E-state index contributed by atoms with van der Waals surface area (Å²) >= 11 is 1.53. The molecule has 4 rings (SSSR count). The van der Waals surface area contributed by atoms with Crippen molar-refractivity contribution in [2.45, 2.75) is 45.1 Å². The number of anilines is 4. The van der Waals surface area contributed by atoms with Crippen LogP contribution in [0.15, 0.2) is 6.33 Å². The van der Waals surface area contributed by atoms with Crippen molar-refractivity contribution >= 4 is 39.7 Å². The van der Waals surface area contributed by atoms with Gasteiger partial charge in [-0.1, -0.05) is 31.6 Å². The molecule has 2 aromatic rings. The lowest BCUT2D eigenvalue weighted by atomic mass is 9.97. The van der Waals surface area contributed by atoms with E-state index in [0.29, 0.717) is 28.4 Å². The summed E-state index contributed by atoms with van der Waals surface area (Å²) in [6.07, 6.45) is 4.76. The number of aromatic nitrogens is 4. The number of rotatable bonds is 5. The summed E-state index contributed by atoms with van der Waals surface area (Å²) in [5.41, 5.74) is 0.560. The van der Waals surface area contributed by atoms with E-state index in [9.17, 15) is 4.79 Å². The molecule has 2 unspecified atom stereocenters. The molecule has 0 bridgehead atoms. The average molecular weight is 345 g/mol. The molecule has 0 saturated heterocycles. The molecule has 1 aliphatic heterocycles. The second-order valence-electron chi connectivity index (χ2n) is 6.29. The molecule has 0 aromatic carbocycles. The lowest BCUT2D eigenvalue weighted by Crippen LogP contribution is -2.43. The highest BCUT2D eigenvalue weighted by Crippen LogP contribution is 2.43. The number of fused-ring (bicyclic) bond motifs is 1. The lowest BCUT2D eigenvalue weighted by Gasteiger charge is -2.30. The zero-order chi connectivity index (χ0) is 16.7. The monoisotopic (exact) mass is 345 g/mol. The number of nitrogens with zero attached hydrogens (tertiary/aromatic N) is 4. The molecule has 8 nitrogen and oxygen atoms in total. The molecule has 2 atom stereocenters. The van der Waals surface area contributed by atoms with Crippen molar-refractivity contribution < 1.29 is 4.79 Å². The smallest absolute Gasteiger partial charge is 0.247 e. The molecule has 1 amide bonds. The molecule has 1 aliphatic carbocycles. The van der Waals surface area contributed by atoms with E-state index in [0.717, 1.165) is 11.4 Å². The van der Waals surface area contributed by atoms with Crippen molar-refractivity contribution in [1.29, 1.82) is 0 Å². The Hall–Kier alpha value is -2.29. The van der Waals surface area contributed by atoms with E-state index in [1.54, 1.807) is 0 Å². The van der Waals surface area contributed by atoms with Crippen LogP contribution >= 0.6 is 11.3 Å². The second kappa shape index (κ2) is 5.97. The first-order valence-electron chi connectivity index (χ1n) is 8.18. The third-order valence-corrected chi connectivity index (χ3v) is 5.48. The molecule has 0 spiro atoms. The van der Waals surface area contributed by atoms with Gasteiger partial charge in [-0.25, -0.2) is 9.97 Å². The van der Waals surface area contributed by atoms with Gasteiger partial charge in [0.25, 0.3) is 0 Å². The molecule has 126 valence electrons.